The Morgan fingerprint density at radius 1 is 1.14 bits per heavy atom. The molecule has 1 fully saturated rings. The first-order chi connectivity index (χ1) is 13.2. The number of carbonyl (C=O) groups is 1. The number of nitrogens with one attached hydrogen (secondary N) is 2. The van der Waals surface area contributed by atoms with Crippen LogP contribution in [0.4, 0.5) is 9.93 Å². The van der Waals surface area contributed by atoms with Crippen molar-refractivity contribution in [2.45, 2.75) is 44.4 Å². The SMILES string of the molecule is CC(C)(C)S(=O)(=O)NC1CCN(C(=O)Nc2nnc(-c3ccccc3)s2)CC1. The molecule has 1 aliphatic heterocycles. The number of hydrogen-bond acceptors (Lipinski definition) is 6. The van der Waals surface area contributed by atoms with E-state index in [9.17, 15) is 13.2 Å². The lowest BCUT2D eigenvalue weighted by Gasteiger charge is -2.33. The largest absolute Gasteiger partial charge is 0.324 e. The average Bonchev–Trinajstić information content (AvgIpc) is 3.10. The van der Waals surface area contributed by atoms with Crippen molar-refractivity contribution >= 4 is 32.5 Å². The number of likely N-dealkylation sites (tertiary alicyclic amines) is 1. The molecular formula is C18H25N5O3S2. The highest BCUT2D eigenvalue weighted by Gasteiger charge is 2.33. The molecule has 8 nitrogen and oxygen atoms in total. The maximum atomic E-state index is 12.5. The van der Waals surface area contributed by atoms with E-state index in [2.05, 4.69) is 20.2 Å². The maximum absolute atomic E-state index is 12.5. The third-order valence-corrected chi connectivity index (χ3v) is 7.71. The van der Waals surface area contributed by atoms with Crippen LogP contribution in [0.2, 0.25) is 0 Å². The van der Waals surface area contributed by atoms with Crippen molar-refractivity contribution in [1.29, 1.82) is 0 Å². The van der Waals surface area contributed by atoms with Crippen molar-refractivity contribution in [1.82, 2.24) is 19.8 Å². The summed E-state index contributed by atoms with van der Waals surface area (Å²) in [5.41, 5.74) is 0.951. The molecule has 0 atom stereocenters. The van der Waals surface area contributed by atoms with Crippen LogP contribution in [0.15, 0.2) is 30.3 Å². The number of aromatic nitrogens is 2. The summed E-state index contributed by atoms with van der Waals surface area (Å²) in [5.74, 6) is 0. The molecule has 2 aromatic rings. The van der Waals surface area contributed by atoms with Crippen LogP contribution in [0, 0.1) is 0 Å². The number of nitrogens with zero attached hydrogens (tertiary/aromatic N) is 3. The van der Waals surface area contributed by atoms with Crippen LogP contribution in [0.5, 0.6) is 0 Å². The van der Waals surface area contributed by atoms with Crippen molar-refractivity contribution in [2.75, 3.05) is 18.4 Å². The number of sulfonamides is 1. The van der Waals surface area contributed by atoms with E-state index in [0.29, 0.717) is 31.1 Å². The molecule has 28 heavy (non-hydrogen) atoms. The van der Waals surface area contributed by atoms with Crippen molar-refractivity contribution in [3.63, 3.8) is 0 Å². The summed E-state index contributed by atoms with van der Waals surface area (Å²) in [6.45, 7) is 5.97. The number of carbonyl (C=O) groups excluding carboxylic acids is 1. The van der Waals surface area contributed by atoms with Crippen molar-refractivity contribution in [3.8, 4) is 10.6 Å². The number of anilines is 1. The normalized spacial score (nSPS) is 16.2. The van der Waals surface area contributed by atoms with E-state index in [1.165, 1.54) is 11.3 Å². The number of rotatable bonds is 4. The Bertz CT molecular complexity index is 914. The standard InChI is InChI=1S/C18H25N5O3S2/c1-18(2,3)28(25,26)22-14-9-11-23(12-10-14)17(24)19-16-21-20-15(27-16)13-7-5-4-6-8-13/h4-8,14,22H,9-12H2,1-3H3,(H,19,21,24). The summed E-state index contributed by atoms with van der Waals surface area (Å²) in [7, 11) is -3.39. The van der Waals surface area contributed by atoms with Gasteiger partial charge in [-0.25, -0.2) is 17.9 Å². The predicted molar refractivity (Wildman–Crippen MR) is 111 cm³/mol. The van der Waals surface area contributed by atoms with Crippen LogP contribution in [-0.4, -0.2) is 53.4 Å². The molecule has 0 bridgehead atoms. The molecule has 3 rings (SSSR count). The van der Waals surface area contributed by atoms with Crippen LogP contribution in [-0.2, 0) is 10.0 Å². The fraction of sp³-hybridized carbons (Fsp3) is 0.500. The number of amides is 2. The van der Waals surface area contributed by atoms with Gasteiger partial charge in [0.1, 0.15) is 5.01 Å². The van der Waals surface area contributed by atoms with Gasteiger partial charge in [0.05, 0.1) is 4.75 Å². The number of benzene rings is 1. The minimum atomic E-state index is -3.39. The molecular weight excluding hydrogens is 398 g/mol. The molecule has 2 N–H and O–H groups in total. The van der Waals surface area contributed by atoms with Gasteiger partial charge >= 0.3 is 6.03 Å². The molecule has 0 spiro atoms. The smallest absolute Gasteiger partial charge is 0.323 e. The summed E-state index contributed by atoms with van der Waals surface area (Å²) in [5, 5.41) is 12.1. The third-order valence-electron chi connectivity index (χ3n) is 4.57. The maximum Gasteiger partial charge on any atom is 0.323 e. The van der Waals surface area contributed by atoms with E-state index in [1.54, 1.807) is 25.7 Å². The summed E-state index contributed by atoms with van der Waals surface area (Å²) in [4.78, 5) is 14.2. The molecule has 0 saturated carbocycles. The molecule has 0 aliphatic carbocycles. The lowest BCUT2D eigenvalue weighted by molar-refractivity contribution is 0.193. The van der Waals surface area contributed by atoms with Crippen molar-refractivity contribution < 1.29 is 13.2 Å². The van der Waals surface area contributed by atoms with Crippen LogP contribution in [0.25, 0.3) is 10.6 Å². The second-order valence-corrected chi connectivity index (χ2v) is 11.1. The zero-order valence-corrected chi connectivity index (χ0v) is 17.8. The first kappa shape index (κ1) is 20.7. The zero-order valence-electron chi connectivity index (χ0n) is 16.2. The van der Waals surface area contributed by atoms with E-state index >= 15 is 0 Å². The Kier molecular flexibility index (Phi) is 6.01. The fourth-order valence-corrected chi connectivity index (χ4v) is 4.51. The van der Waals surface area contributed by atoms with Crippen LogP contribution < -0.4 is 10.0 Å². The Hall–Kier alpha value is -2.04. The van der Waals surface area contributed by atoms with E-state index in [0.717, 1.165) is 10.6 Å². The first-order valence-electron chi connectivity index (χ1n) is 9.12. The molecule has 1 aromatic carbocycles. The fourth-order valence-electron chi connectivity index (χ4n) is 2.74. The van der Waals surface area contributed by atoms with Gasteiger partial charge in [-0.05, 0) is 33.6 Å². The Labute approximate surface area is 169 Å². The topological polar surface area (TPSA) is 104 Å². The molecule has 0 radical (unpaired) electrons. The van der Waals surface area contributed by atoms with Gasteiger partial charge in [-0.2, -0.15) is 0 Å². The Morgan fingerprint density at radius 3 is 2.39 bits per heavy atom. The molecule has 2 amide bonds. The van der Waals surface area contributed by atoms with Gasteiger partial charge in [0.25, 0.3) is 0 Å². The van der Waals surface area contributed by atoms with Crippen molar-refractivity contribution in [2.24, 2.45) is 0 Å². The van der Waals surface area contributed by atoms with E-state index < -0.39 is 14.8 Å². The first-order valence-corrected chi connectivity index (χ1v) is 11.4. The van der Waals surface area contributed by atoms with Gasteiger partial charge < -0.3 is 4.90 Å². The molecule has 0 unspecified atom stereocenters. The summed E-state index contributed by atoms with van der Waals surface area (Å²) in [6.07, 6.45) is 1.15. The minimum absolute atomic E-state index is 0.153. The molecule has 2 heterocycles. The summed E-state index contributed by atoms with van der Waals surface area (Å²) < 4.78 is 26.5. The minimum Gasteiger partial charge on any atom is -0.324 e. The second kappa shape index (κ2) is 8.14. The molecule has 10 heteroatoms. The van der Waals surface area contributed by atoms with Crippen LogP contribution in [0.3, 0.4) is 0 Å². The molecule has 1 aromatic heterocycles. The van der Waals surface area contributed by atoms with Gasteiger partial charge in [-0.1, -0.05) is 41.7 Å². The lowest BCUT2D eigenvalue weighted by atomic mass is 10.1. The number of hydrogen-bond donors (Lipinski definition) is 2. The molecule has 1 aliphatic rings. The average molecular weight is 424 g/mol. The predicted octanol–water partition coefficient (Wildman–Crippen LogP) is 2.92. The quantitative estimate of drug-likeness (QED) is 0.787. The van der Waals surface area contributed by atoms with Gasteiger partial charge in [-0.3, -0.25) is 5.32 Å². The van der Waals surface area contributed by atoms with Gasteiger partial charge in [-0.15, -0.1) is 10.2 Å². The second-order valence-electron chi connectivity index (χ2n) is 7.70. The number of piperidine rings is 1. The molecule has 1 saturated heterocycles. The Morgan fingerprint density at radius 2 is 1.79 bits per heavy atom. The highest BCUT2D eigenvalue weighted by molar-refractivity contribution is 7.90. The summed E-state index contributed by atoms with van der Waals surface area (Å²) in [6, 6.07) is 9.26. The highest BCUT2D eigenvalue weighted by Crippen LogP contribution is 2.26. The summed E-state index contributed by atoms with van der Waals surface area (Å²) >= 11 is 1.32. The molecule has 152 valence electrons. The third kappa shape index (κ3) is 4.86. The van der Waals surface area contributed by atoms with E-state index in [-0.39, 0.29) is 12.1 Å². The highest BCUT2D eigenvalue weighted by atomic mass is 32.2. The van der Waals surface area contributed by atoms with Crippen LogP contribution in [0.1, 0.15) is 33.6 Å². The zero-order chi connectivity index (χ0) is 20.4. The van der Waals surface area contributed by atoms with E-state index in [4.69, 9.17) is 0 Å². The van der Waals surface area contributed by atoms with Crippen molar-refractivity contribution in [3.05, 3.63) is 30.3 Å². The van der Waals surface area contributed by atoms with Crippen LogP contribution >= 0.6 is 11.3 Å². The number of urea groups is 1. The monoisotopic (exact) mass is 423 g/mol. The Balaban J connectivity index is 1.53. The van der Waals surface area contributed by atoms with Gasteiger partial charge in [0, 0.05) is 24.7 Å². The lowest BCUT2D eigenvalue weighted by Crippen LogP contribution is -2.50. The van der Waals surface area contributed by atoms with Gasteiger partial charge in [0.15, 0.2) is 0 Å². The van der Waals surface area contributed by atoms with Gasteiger partial charge in [0.2, 0.25) is 15.2 Å². The van der Waals surface area contributed by atoms with E-state index in [1.807, 2.05) is 30.3 Å².